The molecule has 7 heteroatoms. The Balaban J connectivity index is 2.98. The van der Waals surface area contributed by atoms with Crippen molar-refractivity contribution in [2.75, 3.05) is 0 Å². The lowest BCUT2D eigenvalue weighted by Crippen LogP contribution is -2.42. The summed E-state index contributed by atoms with van der Waals surface area (Å²) in [7, 11) is 2.97. The zero-order valence-corrected chi connectivity index (χ0v) is 10.1. The first-order chi connectivity index (χ1) is 7.84. The summed E-state index contributed by atoms with van der Waals surface area (Å²) >= 11 is 0. The summed E-state index contributed by atoms with van der Waals surface area (Å²) in [4.78, 5) is 33.8. The van der Waals surface area contributed by atoms with Crippen LogP contribution in [0.15, 0.2) is 15.7 Å². The Labute approximate surface area is 97.9 Å². The van der Waals surface area contributed by atoms with Gasteiger partial charge in [0.2, 0.25) is 5.91 Å². The van der Waals surface area contributed by atoms with Crippen LogP contribution < -0.4 is 22.3 Å². The van der Waals surface area contributed by atoms with E-state index in [2.05, 4.69) is 5.32 Å². The molecule has 94 valence electrons. The number of nitrogens with one attached hydrogen (secondary N) is 1. The van der Waals surface area contributed by atoms with Gasteiger partial charge < -0.3 is 11.1 Å². The predicted molar refractivity (Wildman–Crippen MR) is 62.4 cm³/mol. The van der Waals surface area contributed by atoms with Crippen LogP contribution >= 0.6 is 0 Å². The van der Waals surface area contributed by atoms with Crippen molar-refractivity contribution in [2.24, 2.45) is 19.8 Å². The highest BCUT2D eigenvalue weighted by Gasteiger charge is 2.10. The van der Waals surface area contributed by atoms with Crippen molar-refractivity contribution in [3.63, 3.8) is 0 Å². The Morgan fingerprint density at radius 3 is 2.53 bits per heavy atom. The van der Waals surface area contributed by atoms with E-state index in [4.69, 9.17) is 5.73 Å². The van der Waals surface area contributed by atoms with Crippen molar-refractivity contribution in [3.05, 3.63) is 32.6 Å². The maximum atomic E-state index is 11.6. The van der Waals surface area contributed by atoms with Crippen LogP contribution in [0.1, 0.15) is 12.6 Å². The van der Waals surface area contributed by atoms with Gasteiger partial charge in [0.05, 0.1) is 6.04 Å². The Bertz CT molecular complexity index is 543. The molecule has 0 aliphatic heterocycles. The van der Waals surface area contributed by atoms with Crippen molar-refractivity contribution in [2.45, 2.75) is 19.5 Å². The maximum absolute atomic E-state index is 11.6. The molecule has 1 atom stereocenters. The number of amides is 1. The van der Waals surface area contributed by atoms with E-state index < -0.39 is 17.6 Å². The molecule has 0 fully saturated rings. The van der Waals surface area contributed by atoms with Gasteiger partial charge in [0.25, 0.3) is 5.56 Å². The predicted octanol–water partition coefficient (Wildman–Crippen LogP) is -1.95. The van der Waals surface area contributed by atoms with Crippen molar-refractivity contribution in [1.82, 2.24) is 14.5 Å². The second-order valence-corrected chi connectivity index (χ2v) is 3.88. The monoisotopic (exact) mass is 240 g/mol. The van der Waals surface area contributed by atoms with E-state index in [0.29, 0.717) is 5.69 Å². The third kappa shape index (κ3) is 2.82. The fraction of sp³-hybridized carbons (Fsp3) is 0.500. The molecule has 0 saturated heterocycles. The van der Waals surface area contributed by atoms with Gasteiger partial charge in [-0.2, -0.15) is 0 Å². The summed E-state index contributed by atoms with van der Waals surface area (Å²) in [5.41, 5.74) is 4.81. The molecular weight excluding hydrogens is 224 g/mol. The van der Waals surface area contributed by atoms with Crippen molar-refractivity contribution in [1.29, 1.82) is 0 Å². The molecule has 0 aliphatic rings. The molecule has 1 aromatic rings. The van der Waals surface area contributed by atoms with Crippen molar-refractivity contribution >= 4 is 5.91 Å². The molecule has 0 spiro atoms. The van der Waals surface area contributed by atoms with Crippen LogP contribution in [0.2, 0.25) is 0 Å². The molecule has 0 bridgehead atoms. The van der Waals surface area contributed by atoms with E-state index >= 15 is 0 Å². The highest BCUT2D eigenvalue weighted by Crippen LogP contribution is 1.91. The Kier molecular flexibility index (Phi) is 3.84. The zero-order valence-electron chi connectivity index (χ0n) is 10.1. The molecule has 0 aromatic carbocycles. The number of aromatic nitrogens is 2. The molecule has 1 amide bonds. The van der Waals surface area contributed by atoms with E-state index in [-0.39, 0.29) is 12.1 Å². The van der Waals surface area contributed by atoms with Gasteiger partial charge in [-0.05, 0) is 6.92 Å². The summed E-state index contributed by atoms with van der Waals surface area (Å²) in [6, 6.07) is 0.830. The van der Waals surface area contributed by atoms with Crippen molar-refractivity contribution < 1.29 is 4.79 Å². The smallest absolute Gasteiger partial charge is 0.330 e. The topological polar surface area (TPSA) is 99.1 Å². The molecular formula is C10H16N4O3. The lowest BCUT2D eigenvalue weighted by molar-refractivity contribution is -0.119. The van der Waals surface area contributed by atoms with Crippen LogP contribution in [-0.4, -0.2) is 21.1 Å². The molecule has 7 nitrogen and oxygen atoms in total. The Hall–Kier alpha value is -1.89. The summed E-state index contributed by atoms with van der Waals surface area (Å²) in [5, 5.41) is 2.83. The number of nitrogens with zero attached hydrogens (tertiary/aromatic N) is 2. The molecule has 1 rings (SSSR count). The first-order valence-electron chi connectivity index (χ1n) is 5.13. The number of rotatable bonds is 4. The van der Waals surface area contributed by atoms with Crippen LogP contribution in [-0.2, 0) is 25.4 Å². The summed E-state index contributed by atoms with van der Waals surface area (Å²) in [6.45, 7) is 1.84. The minimum Gasteiger partial charge on any atom is -0.368 e. The van der Waals surface area contributed by atoms with Gasteiger partial charge in [-0.25, -0.2) is 4.79 Å². The number of hydrogen-bond acceptors (Lipinski definition) is 4. The van der Waals surface area contributed by atoms with E-state index in [1.807, 2.05) is 0 Å². The largest absolute Gasteiger partial charge is 0.368 e. The molecule has 1 heterocycles. The number of carbonyl (C=O) groups excluding carboxylic acids is 1. The Morgan fingerprint density at radius 2 is 2.00 bits per heavy atom. The second-order valence-electron chi connectivity index (χ2n) is 3.88. The standard InChI is InChI=1S/C10H16N4O3/c1-6(9(11)16)12-5-7-4-8(15)14(3)10(17)13(7)2/h4,6,12H,5H2,1-3H3,(H2,11,16). The average Bonchev–Trinajstić information content (AvgIpc) is 2.28. The minimum atomic E-state index is -0.519. The van der Waals surface area contributed by atoms with Crippen molar-refractivity contribution in [3.8, 4) is 0 Å². The van der Waals surface area contributed by atoms with Crippen LogP contribution in [0.4, 0.5) is 0 Å². The van der Waals surface area contributed by atoms with E-state index in [1.54, 1.807) is 14.0 Å². The van der Waals surface area contributed by atoms with Gasteiger partial charge in [-0.3, -0.25) is 18.7 Å². The second kappa shape index (κ2) is 4.96. The minimum absolute atomic E-state index is 0.228. The van der Waals surface area contributed by atoms with E-state index in [1.165, 1.54) is 17.7 Å². The SMILES string of the molecule is CC(NCc1cc(=O)n(C)c(=O)n1C)C(N)=O. The first-order valence-corrected chi connectivity index (χ1v) is 5.13. The molecule has 3 N–H and O–H groups in total. The van der Waals surface area contributed by atoms with Gasteiger partial charge >= 0.3 is 5.69 Å². The van der Waals surface area contributed by atoms with Crippen LogP contribution in [0.5, 0.6) is 0 Å². The third-order valence-electron chi connectivity index (χ3n) is 2.64. The highest BCUT2D eigenvalue weighted by molar-refractivity contribution is 5.79. The maximum Gasteiger partial charge on any atom is 0.330 e. The van der Waals surface area contributed by atoms with Gasteiger partial charge in [-0.1, -0.05) is 0 Å². The van der Waals surface area contributed by atoms with Gasteiger partial charge in [0.1, 0.15) is 0 Å². The zero-order chi connectivity index (χ0) is 13.2. The number of primary amides is 1. The molecule has 0 saturated carbocycles. The molecule has 0 radical (unpaired) electrons. The van der Waals surface area contributed by atoms with Gasteiger partial charge in [0.15, 0.2) is 0 Å². The Morgan fingerprint density at radius 1 is 1.41 bits per heavy atom. The van der Waals surface area contributed by atoms with Crippen LogP contribution in [0, 0.1) is 0 Å². The number of nitrogens with two attached hydrogens (primary N) is 1. The quantitative estimate of drug-likeness (QED) is 0.638. The van der Waals surface area contributed by atoms with E-state index in [0.717, 1.165) is 4.57 Å². The fourth-order valence-corrected chi connectivity index (χ4v) is 1.31. The third-order valence-corrected chi connectivity index (χ3v) is 2.64. The van der Waals surface area contributed by atoms with Crippen LogP contribution in [0.3, 0.4) is 0 Å². The number of carbonyl (C=O) groups is 1. The molecule has 17 heavy (non-hydrogen) atoms. The van der Waals surface area contributed by atoms with Gasteiger partial charge in [-0.15, -0.1) is 0 Å². The lowest BCUT2D eigenvalue weighted by atomic mass is 10.3. The van der Waals surface area contributed by atoms with Crippen LogP contribution in [0.25, 0.3) is 0 Å². The fourth-order valence-electron chi connectivity index (χ4n) is 1.31. The normalized spacial score (nSPS) is 12.4. The summed E-state index contributed by atoms with van der Waals surface area (Å²) in [5.74, 6) is -0.487. The molecule has 0 aliphatic carbocycles. The summed E-state index contributed by atoms with van der Waals surface area (Å²) < 4.78 is 2.36. The van der Waals surface area contributed by atoms with E-state index in [9.17, 15) is 14.4 Å². The number of hydrogen-bond donors (Lipinski definition) is 2. The summed E-state index contributed by atoms with van der Waals surface area (Å²) in [6.07, 6.45) is 0. The van der Waals surface area contributed by atoms with Gasteiger partial charge in [0, 0.05) is 32.4 Å². The molecule has 1 aromatic heterocycles. The lowest BCUT2D eigenvalue weighted by Gasteiger charge is -2.13. The molecule has 1 unspecified atom stereocenters. The first kappa shape index (κ1) is 13.2. The average molecular weight is 240 g/mol. The highest BCUT2D eigenvalue weighted by atomic mass is 16.2.